The second kappa shape index (κ2) is 5.88. The van der Waals surface area contributed by atoms with Crippen molar-refractivity contribution in [2.45, 2.75) is 32.8 Å². The van der Waals surface area contributed by atoms with Crippen molar-refractivity contribution in [2.24, 2.45) is 0 Å². The Labute approximate surface area is 128 Å². The van der Waals surface area contributed by atoms with Crippen molar-refractivity contribution in [3.8, 4) is 5.69 Å². The maximum absolute atomic E-state index is 14.3. The molecule has 1 unspecified atom stereocenters. The fourth-order valence-electron chi connectivity index (χ4n) is 2.64. The van der Waals surface area contributed by atoms with Crippen LogP contribution in [0.25, 0.3) is 5.69 Å². The molecule has 6 heteroatoms. The molecule has 1 aliphatic rings. The predicted molar refractivity (Wildman–Crippen MR) is 80.6 cm³/mol. The van der Waals surface area contributed by atoms with Crippen LogP contribution >= 0.6 is 0 Å². The van der Waals surface area contributed by atoms with E-state index in [-0.39, 0.29) is 5.91 Å². The molecule has 0 saturated carbocycles. The first-order chi connectivity index (χ1) is 10.5. The van der Waals surface area contributed by atoms with Gasteiger partial charge in [0.15, 0.2) is 5.82 Å². The summed E-state index contributed by atoms with van der Waals surface area (Å²) < 4.78 is 21.2. The first-order valence-corrected chi connectivity index (χ1v) is 7.30. The molecular weight excluding hydrogens is 285 g/mol. The fraction of sp³-hybridized carbons (Fsp3) is 0.375. The lowest BCUT2D eigenvalue weighted by Gasteiger charge is -2.12. The Morgan fingerprint density at radius 2 is 2.23 bits per heavy atom. The normalized spacial score (nSPS) is 17.7. The molecule has 0 aliphatic carbocycles. The zero-order valence-corrected chi connectivity index (χ0v) is 12.6. The summed E-state index contributed by atoms with van der Waals surface area (Å²) in [7, 11) is 0. The Morgan fingerprint density at radius 3 is 2.82 bits per heavy atom. The van der Waals surface area contributed by atoms with Crippen molar-refractivity contribution >= 4 is 11.6 Å². The van der Waals surface area contributed by atoms with Gasteiger partial charge in [-0.05, 0) is 51.0 Å². The number of anilines is 1. The Balaban J connectivity index is 1.80. The largest absolute Gasteiger partial charge is 0.368 e. The van der Waals surface area contributed by atoms with Gasteiger partial charge < -0.3 is 10.1 Å². The number of carbonyl (C=O) groups is 1. The number of halogens is 1. The average molecular weight is 303 g/mol. The van der Waals surface area contributed by atoms with E-state index in [1.54, 1.807) is 16.8 Å². The summed E-state index contributed by atoms with van der Waals surface area (Å²) in [5.41, 5.74) is 2.46. The molecule has 3 rings (SSSR count). The van der Waals surface area contributed by atoms with E-state index in [1.807, 2.05) is 19.9 Å². The lowest BCUT2D eigenvalue weighted by molar-refractivity contribution is -0.124. The summed E-state index contributed by atoms with van der Waals surface area (Å²) in [4.78, 5) is 12.0. The smallest absolute Gasteiger partial charge is 0.253 e. The van der Waals surface area contributed by atoms with Crippen molar-refractivity contribution in [1.29, 1.82) is 0 Å². The average Bonchev–Trinajstić information content (AvgIpc) is 3.09. The second-order valence-electron chi connectivity index (χ2n) is 5.50. The molecule has 0 bridgehead atoms. The van der Waals surface area contributed by atoms with E-state index in [4.69, 9.17) is 4.74 Å². The van der Waals surface area contributed by atoms with Crippen LogP contribution in [0.4, 0.5) is 10.1 Å². The maximum Gasteiger partial charge on any atom is 0.253 e. The first kappa shape index (κ1) is 14.7. The Morgan fingerprint density at radius 1 is 1.41 bits per heavy atom. The van der Waals surface area contributed by atoms with Gasteiger partial charge in [-0.15, -0.1) is 0 Å². The fourth-order valence-corrected chi connectivity index (χ4v) is 2.64. The van der Waals surface area contributed by atoms with Crippen molar-refractivity contribution in [3.63, 3.8) is 0 Å². The van der Waals surface area contributed by atoms with E-state index in [9.17, 15) is 9.18 Å². The number of ether oxygens (including phenoxy) is 1. The highest BCUT2D eigenvalue weighted by Gasteiger charge is 2.23. The van der Waals surface area contributed by atoms with Crippen LogP contribution in [0.5, 0.6) is 0 Å². The van der Waals surface area contributed by atoms with Gasteiger partial charge in [0.1, 0.15) is 11.8 Å². The van der Waals surface area contributed by atoms with Crippen LogP contribution in [0.3, 0.4) is 0 Å². The second-order valence-corrected chi connectivity index (χ2v) is 5.50. The third kappa shape index (κ3) is 2.87. The topological polar surface area (TPSA) is 56.2 Å². The first-order valence-electron chi connectivity index (χ1n) is 7.30. The highest BCUT2D eigenvalue weighted by molar-refractivity contribution is 5.94. The van der Waals surface area contributed by atoms with Gasteiger partial charge in [-0.25, -0.2) is 9.07 Å². The van der Waals surface area contributed by atoms with Crippen LogP contribution in [0.1, 0.15) is 24.2 Å². The number of aromatic nitrogens is 2. The van der Waals surface area contributed by atoms with Gasteiger partial charge in [0.25, 0.3) is 5.91 Å². The zero-order valence-electron chi connectivity index (χ0n) is 12.6. The molecule has 5 nitrogen and oxygen atoms in total. The maximum atomic E-state index is 14.3. The predicted octanol–water partition coefficient (Wildman–Crippen LogP) is 2.75. The van der Waals surface area contributed by atoms with Gasteiger partial charge in [0.2, 0.25) is 0 Å². The lowest BCUT2D eigenvalue weighted by atomic mass is 10.2. The molecule has 2 heterocycles. The van der Waals surface area contributed by atoms with Gasteiger partial charge >= 0.3 is 0 Å². The molecule has 1 fully saturated rings. The van der Waals surface area contributed by atoms with Gasteiger partial charge in [0, 0.05) is 18.0 Å². The quantitative estimate of drug-likeness (QED) is 0.948. The molecule has 0 radical (unpaired) electrons. The Kier molecular flexibility index (Phi) is 3.94. The molecule has 1 atom stereocenters. The van der Waals surface area contributed by atoms with Crippen molar-refractivity contribution in [3.05, 3.63) is 41.5 Å². The van der Waals surface area contributed by atoms with Gasteiger partial charge in [-0.1, -0.05) is 0 Å². The number of carbonyl (C=O) groups excluding carboxylic acids is 1. The van der Waals surface area contributed by atoms with E-state index >= 15 is 0 Å². The minimum Gasteiger partial charge on any atom is -0.368 e. The minimum atomic E-state index is -0.434. The van der Waals surface area contributed by atoms with Crippen LogP contribution < -0.4 is 5.32 Å². The highest BCUT2D eigenvalue weighted by atomic mass is 19.1. The van der Waals surface area contributed by atoms with E-state index in [0.717, 1.165) is 17.8 Å². The standard InChI is InChI=1S/C16H18FN3O2/c1-10-8-11(2)20(19-10)14-6-5-12(9-13(14)17)18-16(21)15-4-3-7-22-15/h5-6,8-9,15H,3-4,7H2,1-2H3,(H,18,21). The van der Waals surface area contributed by atoms with Crippen molar-refractivity contribution in [2.75, 3.05) is 11.9 Å². The monoisotopic (exact) mass is 303 g/mol. The Hall–Kier alpha value is -2.21. The summed E-state index contributed by atoms with van der Waals surface area (Å²) in [6.45, 7) is 4.33. The number of aryl methyl sites for hydroxylation is 2. The highest BCUT2D eigenvalue weighted by Crippen LogP contribution is 2.21. The van der Waals surface area contributed by atoms with Crippen LogP contribution in [0.15, 0.2) is 24.3 Å². The number of rotatable bonds is 3. The molecule has 22 heavy (non-hydrogen) atoms. The molecule has 1 aromatic heterocycles. The van der Waals surface area contributed by atoms with Gasteiger partial charge in [-0.3, -0.25) is 4.79 Å². The number of nitrogens with one attached hydrogen (secondary N) is 1. The Bertz CT molecular complexity index is 705. The van der Waals surface area contributed by atoms with Crippen molar-refractivity contribution < 1.29 is 13.9 Å². The van der Waals surface area contributed by atoms with Crippen LogP contribution in [-0.4, -0.2) is 28.4 Å². The molecule has 116 valence electrons. The van der Waals surface area contributed by atoms with Crippen molar-refractivity contribution in [1.82, 2.24) is 9.78 Å². The molecule has 1 N–H and O–H groups in total. The van der Waals surface area contributed by atoms with Crippen LogP contribution in [0, 0.1) is 19.7 Å². The molecule has 1 saturated heterocycles. The third-order valence-electron chi connectivity index (χ3n) is 3.68. The summed E-state index contributed by atoms with van der Waals surface area (Å²) in [6, 6.07) is 6.47. The SMILES string of the molecule is Cc1cc(C)n(-c2ccc(NC(=O)C3CCCO3)cc2F)n1. The number of benzene rings is 1. The number of nitrogens with zero attached hydrogens (tertiary/aromatic N) is 2. The number of amides is 1. The third-order valence-corrected chi connectivity index (χ3v) is 3.68. The van der Waals surface area contributed by atoms with Crippen LogP contribution in [0.2, 0.25) is 0 Å². The molecule has 1 aliphatic heterocycles. The summed E-state index contributed by atoms with van der Waals surface area (Å²) >= 11 is 0. The number of hydrogen-bond acceptors (Lipinski definition) is 3. The lowest BCUT2D eigenvalue weighted by Crippen LogP contribution is -2.26. The summed E-state index contributed by atoms with van der Waals surface area (Å²) in [6.07, 6.45) is 1.15. The minimum absolute atomic E-state index is 0.226. The van der Waals surface area contributed by atoms with E-state index in [0.29, 0.717) is 24.4 Å². The molecule has 1 amide bonds. The molecule has 1 aromatic carbocycles. The van der Waals surface area contributed by atoms with Crippen LogP contribution in [-0.2, 0) is 9.53 Å². The summed E-state index contributed by atoms with van der Waals surface area (Å²) in [5.74, 6) is -0.660. The molecule has 0 spiro atoms. The summed E-state index contributed by atoms with van der Waals surface area (Å²) in [5, 5.41) is 6.95. The van der Waals surface area contributed by atoms with Gasteiger partial charge in [0.05, 0.1) is 5.69 Å². The molecule has 2 aromatic rings. The van der Waals surface area contributed by atoms with E-state index in [2.05, 4.69) is 10.4 Å². The van der Waals surface area contributed by atoms with E-state index in [1.165, 1.54) is 6.07 Å². The number of hydrogen-bond donors (Lipinski definition) is 1. The van der Waals surface area contributed by atoms with E-state index < -0.39 is 11.9 Å². The molecular formula is C16H18FN3O2. The van der Waals surface area contributed by atoms with Gasteiger partial charge in [-0.2, -0.15) is 5.10 Å². The zero-order chi connectivity index (χ0) is 15.7.